The highest BCUT2D eigenvalue weighted by Crippen LogP contribution is 2.15. The van der Waals surface area contributed by atoms with Gasteiger partial charge in [0.15, 0.2) is 0 Å². The number of rotatable bonds is 3. The van der Waals surface area contributed by atoms with Crippen LogP contribution in [0.3, 0.4) is 0 Å². The first-order valence-electron chi connectivity index (χ1n) is 5.67. The van der Waals surface area contributed by atoms with Crippen molar-refractivity contribution in [2.45, 2.75) is 37.1 Å². The van der Waals surface area contributed by atoms with Gasteiger partial charge in [-0.3, -0.25) is 9.59 Å². The minimum atomic E-state index is -1.03. The highest BCUT2D eigenvalue weighted by Gasteiger charge is 2.39. The number of nitrogens with one attached hydrogen (secondary N) is 2. The molecule has 0 aromatic heterocycles. The highest BCUT2D eigenvalue weighted by molar-refractivity contribution is 5.79. The van der Waals surface area contributed by atoms with Gasteiger partial charge < -0.3 is 25.6 Å². The van der Waals surface area contributed by atoms with E-state index in [1.807, 2.05) is 0 Å². The molecule has 0 radical (unpaired) electrons. The molecule has 2 rings (SSSR count). The van der Waals surface area contributed by atoms with Gasteiger partial charge in [-0.05, 0) is 25.9 Å². The van der Waals surface area contributed by atoms with Crippen molar-refractivity contribution in [2.75, 3.05) is 13.1 Å². The molecule has 0 saturated carbocycles. The Morgan fingerprint density at radius 3 is 2.35 bits per heavy atom. The van der Waals surface area contributed by atoms with Crippen molar-refractivity contribution in [3.05, 3.63) is 0 Å². The average molecular weight is 244 g/mol. The lowest BCUT2D eigenvalue weighted by Crippen LogP contribution is -2.45. The lowest BCUT2D eigenvalue weighted by molar-refractivity contribution is -0.157. The van der Waals surface area contributed by atoms with Crippen LogP contribution in [0, 0.1) is 0 Å². The SMILES string of the molecule is O=C(O)[C@H]1NCC[C@@H]1OC(=O)[C@H]1NCC[C@@H]1O. The van der Waals surface area contributed by atoms with Gasteiger partial charge in [0.2, 0.25) is 0 Å². The Kier molecular flexibility index (Phi) is 3.60. The van der Waals surface area contributed by atoms with Crippen LogP contribution >= 0.6 is 0 Å². The summed E-state index contributed by atoms with van der Waals surface area (Å²) in [5, 5.41) is 24.0. The van der Waals surface area contributed by atoms with Crippen LogP contribution in [0.1, 0.15) is 12.8 Å². The molecule has 4 atom stereocenters. The van der Waals surface area contributed by atoms with Gasteiger partial charge in [-0.2, -0.15) is 0 Å². The Labute approximate surface area is 98.1 Å². The van der Waals surface area contributed by atoms with Crippen LogP contribution < -0.4 is 10.6 Å². The molecule has 0 aliphatic carbocycles. The monoisotopic (exact) mass is 244 g/mol. The van der Waals surface area contributed by atoms with E-state index in [0.29, 0.717) is 25.9 Å². The van der Waals surface area contributed by atoms with Crippen molar-refractivity contribution >= 4 is 11.9 Å². The summed E-state index contributed by atoms with van der Waals surface area (Å²) < 4.78 is 5.13. The van der Waals surface area contributed by atoms with E-state index in [4.69, 9.17) is 9.84 Å². The molecular weight excluding hydrogens is 228 g/mol. The molecule has 7 nitrogen and oxygen atoms in total. The highest BCUT2D eigenvalue weighted by atomic mass is 16.5. The van der Waals surface area contributed by atoms with Crippen LogP contribution in [0.4, 0.5) is 0 Å². The summed E-state index contributed by atoms with van der Waals surface area (Å²) in [5.74, 6) is -1.60. The third-order valence-electron chi connectivity index (χ3n) is 3.14. The van der Waals surface area contributed by atoms with Gasteiger partial charge in [0.1, 0.15) is 18.2 Å². The molecule has 2 aliphatic rings. The predicted octanol–water partition coefficient (Wildman–Crippen LogP) is -1.93. The maximum absolute atomic E-state index is 11.7. The third kappa shape index (κ3) is 2.56. The molecule has 2 aliphatic heterocycles. The van der Waals surface area contributed by atoms with Crippen LogP contribution in [0.2, 0.25) is 0 Å². The lowest BCUT2D eigenvalue weighted by Gasteiger charge is -2.20. The van der Waals surface area contributed by atoms with E-state index in [-0.39, 0.29) is 0 Å². The first kappa shape index (κ1) is 12.3. The molecule has 0 aromatic carbocycles. The molecule has 0 aromatic rings. The summed E-state index contributed by atoms with van der Waals surface area (Å²) in [4.78, 5) is 22.6. The molecule has 2 saturated heterocycles. The normalized spacial score (nSPS) is 37.0. The quantitative estimate of drug-likeness (QED) is 0.428. The summed E-state index contributed by atoms with van der Waals surface area (Å²) in [6, 6.07) is -1.58. The van der Waals surface area contributed by atoms with Crippen molar-refractivity contribution in [2.24, 2.45) is 0 Å². The number of ether oxygens (including phenoxy) is 1. The van der Waals surface area contributed by atoms with Gasteiger partial charge in [0, 0.05) is 0 Å². The van der Waals surface area contributed by atoms with Crippen molar-refractivity contribution in [1.82, 2.24) is 10.6 Å². The van der Waals surface area contributed by atoms with E-state index < -0.39 is 36.2 Å². The number of aliphatic hydroxyl groups excluding tert-OH is 1. The number of hydrogen-bond donors (Lipinski definition) is 4. The third-order valence-corrected chi connectivity index (χ3v) is 3.14. The van der Waals surface area contributed by atoms with Gasteiger partial charge in [-0.25, -0.2) is 0 Å². The topological polar surface area (TPSA) is 108 Å². The van der Waals surface area contributed by atoms with Crippen molar-refractivity contribution in [3.8, 4) is 0 Å². The van der Waals surface area contributed by atoms with E-state index in [0.717, 1.165) is 0 Å². The molecule has 2 fully saturated rings. The first-order valence-corrected chi connectivity index (χ1v) is 5.67. The second-order valence-electron chi connectivity index (χ2n) is 4.32. The maximum atomic E-state index is 11.7. The van der Waals surface area contributed by atoms with Crippen LogP contribution in [0.25, 0.3) is 0 Å². The van der Waals surface area contributed by atoms with E-state index in [1.165, 1.54) is 0 Å². The molecular formula is C10H16N2O5. The molecule has 2 heterocycles. The number of carboxylic acid groups (broad SMARTS) is 1. The summed E-state index contributed by atoms with van der Waals surface area (Å²) in [7, 11) is 0. The number of carbonyl (C=O) groups is 2. The molecule has 0 unspecified atom stereocenters. The predicted molar refractivity (Wildman–Crippen MR) is 56.3 cm³/mol. The van der Waals surface area contributed by atoms with Gasteiger partial charge in [0.25, 0.3) is 0 Å². The number of aliphatic hydroxyl groups is 1. The molecule has 17 heavy (non-hydrogen) atoms. The second-order valence-corrected chi connectivity index (χ2v) is 4.32. The lowest BCUT2D eigenvalue weighted by atomic mass is 10.1. The van der Waals surface area contributed by atoms with E-state index in [1.54, 1.807) is 0 Å². The molecule has 7 heteroatoms. The van der Waals surface area contributed by atoms with Crippen LogP contribution in [0.5, 0.6) is 0 Å². The zero-order chi connectivity index (χ0) is 12.4. The van der Waals surface area contributed by atoms with E-state index in [2.05, 4.69) is 10.6 Å². The van der Waals surface area contributed by atoms with E-state index in [9.17, 15) is 14.7 Å². The Bertz CT molecular complexity index is 322. The molecule has 0 amide bonds. The van der Waals surface area contributed by atoms with Gasteiger partial charge in [0.05, 0.1) is 6.10 Å². The standard InChI is InChI=1S/C10H16N2O5/c13-5-1-3-11-7(5)10(16)17-6-2-4-12-8(6)9(14)15/h5-8,11-13H,1-4H2,(H,14,15)/t5-,6-,7-,8-/m0/s1. The first-order chi connectivity index (χ1) is 8.09. The second kappa shape index (κ2) is 4.99. The minimum absolute atomic E-state index is 0.478. The van der Waals surface area contributed by atoms with Gasteiger partial charge >= 0.3 is 11.9 Å². The number of hydrogen-bond acceptors (Lipinski definition) is 6. The van der Waals surface area contributed by atoms with Crippen molar-refractivity contribution in [1.29, 1.82) is 0 Å². The molecule has 96 valence electrons. The fourth-order valence-corrected chi connectivity index (χ4v) is 2.20. The van der Waals surface area contributed by atoms with Gasteiger partial charge in [-0.1, -0.05) is 0 Å². The minimum Gasteiger partial charge on any atom is -0.480 e. The number of carbonyl (C=O) groups excluding carboxylic acids is 1. The summed E-state index contributed by atoms with van der Waals surface area (Å²) in [6.07, 6.45) is -0.425. The molecule has 0 spiro atoms. The number of carboxylic acids is 1. The fourth-order valence-electron chi connectivity index (χ4n) is 2.20. The zero-order valence-corrected chi connectivity index (χ0v) is 9.26. The van der Waals surface area contributed by atoms with Crippen LogP contribution in [-0.2, 0) is 14.3 Å². The van der Waals surface area contributed by atoms with Crippen LogP contribution in [-0.4, -0.2) is 59.5 Å². The Hall–Kier alpha value is -1.18. The van der Waals surface area contributed by atoms with Crippen LogP contribution in [0.15, 0.2) is 0 Å². The summed E-state index contributed by atoms with van der Waals surface area (Å²) >= 11 is 0. The molecule has 4 N–H and O–H groups in total. The van der Waals surface area contributed by atoms with Crippen molar-refractivity contribution < 1.29 is 24.5 Å². The largest absolute Gasteiger partial charge is 0.480 e. The average Bonchev–Trinajstić information content (AvgIpc) is 2.86. The summed E-state index contributed by atoms with van der Waals surface area (Å²) in [5.41, 5.74) is 0. The van der Waals surface area contributed by atoms with E-state index >= 15 is 0 Å². The van der Waals surface area contributed by atoms with Gasteiger partial charge in [-0.15, -0.1) is 0 Å². The Balaban J connectivity index is 1.91. The number of esters is 1. The van der Waals surface area contributed by atoms with Crippen molar-refractivity contribution in [3.63, 3.8) is 0 Å². The Morgan fingerprint density at radius 1 is 1.12 bits per heavy atom. The fraction of sp³-hybridized carbons (Fsp3) is 0.800. The molecule has 0 bridgehead atoms. The maximum Gasteiger partial charge on any atom is 0.326 e. The zero-order valence-electron chi connectivity index (χ0n) is 9.26. The number of aliphatic carboxylic acids is 1. The Morgan fingerprint density at radius 2 is 1.76 bits per heavy atom. The smallest absolute Gasteiger partial charge is 0.326 e. The summed E-state index contributed by atoms with van der Waals surface area (Å²) in [6.45, 7) is 1.07.